The number of nitrogens with zero attached hydrogens (tertiary/aromatic N) is 1. The van der Waals surface area contributed by atoms with E-state index in [1.165, 1.54) is 0 Å². The normalized spacial score (nSPS) is 11.6. The molecule has 0 bridgehead atoms. The second-order valence-electron chi connectivity index (χ2n) is 4.60. The standard InChI is InChI=1S/C15H23N3O3/c1-4-18(5-2)14(19)10-13(15(16)20)17-11-7-6-8-12(9-11)21-3/h6-9,13,17H,4-5,10H2,1-3H3,(H2,16,20). The first kappa shape index (κ1) is 16.8. The van der Waals surface area contributed by atoms with Crippen LogP contribution in [0.5, 0.6) is 5.75 Å². The molecule has 1 unspecified atom stereocenters. The molecule has 0 fully saturated rings. The van der Waals surface area contributed by atoms with Crippen molar-refractivity contribution in [2.45, 2.75) is 26.3 Å². The summed E-state index contributed by atoms with van der Waals surface area (Å²) < 4.78 is 5.12. The summed E-state index contributed by atoms with van der Waals surface area (Å²) in [6.07, 6.45) is 0.0359. The van der Waals surface area contributed by atoms with Crippen LogP contribution in [0.25, 0.3) is 0 Å². The summed E-state index contributed by atoms with van der Waals surface area (Å²) in [6.45, 7) is 5.02. The van der Waals surface area contributed by atoms with E-state index in [2.05, 4.69) is 5.32 Å². The Morgan fingerprint density at radius 1 is 1.33 bits per heavy atom. The SMILES string of the molecule is CCN(CC)C(=O)CC(Nc1cccc(OC)c1)C(N)=O. The van der Waals surface area contributed by atoms with Crippen LogP contribution in [0.15, 0.2) is 24.3 Å². The van der Waals surface area contributed by atoms with Crippen LogP contribution in [0.2, 0.25) is 0 Å². The van der Waals surface area contributed by atoms with E-state index >= 15 is 0 Å². The predicted octanol–water partition coefficient (Wildman–Crippen LogP) is 1.22. The van der Waals surface area contributed by atoms with Gasteiger partial charge in [0.15, 0.2) is 0 Å². The van der Waals surface area contributed by atoms with Crippen LogP contribution in [-0.2, 0) is 9.59 Å². The lowest BCUT2D eigenvalue weighted by molar-refractivity contribution is -0.133. The Bertz CT molecular complexity index is 487. The van der Waals surface area contributed by atoms with Gasteiger partial charge < -0.3 is 20.7 Å². The molecular weight excluding hydrogens is 270 g/mol. The maximum Gasteiger partial charge on any atom is 0.240 e. The largest absolute Gasteiger partial charge is 0.497 e. The zero-order valence-corrected chi connectivity index (χ0v) is 12.8. The molecule has 0 aliphatic carbocycles. The van der Waals surface area contributed by atoms with Crippen LogP contribution < -0.4 is 15.8 Å². The van der Waals surface area contributed by atoms with Gasteiger partial charge in [-0.05, 0) is 26.0 Å². The number of methoxy groups -OCH3 is 1. The van der Waals surface area contributed by atoms with Gasteiger partial charge >= 0.3 is 0 Å². The maximum atomic E-state index is 12.1. The number of anilines is 1. The minimum Gasteiger partial charge on any atom is -0.497 e. The lowest BCUT2D eigenvalue weighted by Gasteiger charge is -2.22. The minimum atomic E-state index is -0.745. The van der Waals surface area contributed by atoms with Crippen molar-refractivity contribution >= 4 is 17.5 Å². The molecule has 1 aromatic rings. The number of benzene rings is 1. The predicted molar refractivity (Wildman–Crippen MR) is 82.1 cm³/mol. The van der Waals surface area contributed by atoms with Gasteiger partial charge in [0.25, 0.3) is 0 Å². The van der Waals surface area contributed by atoms with Gasteiger partial charge in [-0.3, -0.25) is 9.59 Å². The lowest BCUT2D eigenvalue weighted by Crippen LogP contribution is -2.41. The molecule has 3 N–H and O–H groups in total. The third-order valence-corrected chi connectivity index (χ3v) is 3.25. The third-order valence-electron chi connectivity index (χ3n) is 3.25. The van der Waals surface area contributed by atoms with E-state index in [-0.39, 0.29) is 12.3 Å². The molecule has 0 heterocycles. The van der Waals surface area contributed by atoms with Gasteiger partial charge in [-0.1, -0.05) is 6.07 Å². The molecule has 0 spiro atoms. The van der Waals surface area contributed by atoms with E-state index in [0.29, 0.717) is 24.5 Å². The topological polar surface area (TPSA) is 84.7 Å². The first-order valence-electron chi connectivity index (χ1n) is 6.99. The number of rotatable bonds is 8. The van der Waals surface area contributed by atoms with Gasteiger partial charge in [-0.2, -0.15) is 0 Å². The molecule has 0 aliphatic rings. The molecule has 1 aromatic carbocycles. The minimum absolute atomic E-state index is 0.0359. The monoisotopic (exact) mass is 293 g/mol. The van der Waals surface area contributed by atoms with E-state index in [1.807, 2.05) is 13.8 Å². The molecule has 1 atom stereocenters. The van der Waals surface area contributed by atoms with Crippen LogP contribution >= 0.6 is 0 Å². The Morgan fingerprint density at radius 3 is 2.52 bits per heavy atom. The highest BCUT2D eigenvalue weighted by molar-refractivity contribution is 5.89. The number of primary amides is 1. The summed E-state index contributed by atoms with van der Waals surface area (Å²) >= 11 is 0. The Labute approximate surface area is 125 Å². The van der Waals surface area contributed by atoms with E-state index < -0.39 is 11.9 Å². The molecule has 1 rings (SSSR count). The average molecular weight is 293 g/mol. The third kappa shape index (κ3) is 4.98. The van der Waals surface area contributed by atoms with Crippen molar-refractivity contribution in [1.82, 2.24) is 4.90 Å². The van der Waals surface area contributed by atoms with Crippen molar-refractivity contribution in [3.05, 3.63) is 24.3 Å². The Kier molecular flexibility index (Phi) is 6.52. The molecule has 6 heteroatoms. The van der Waals surface area contributed by atoms with Gasteiger partial charge in [0.1, 0.15) is 11.8 Å². The zero-order chi connectivity index (χ0) is 15.8. The second kappa shape index (κ2) is 8.14. The molecule has 0 aliphatic heterocycles. The Balaban J connectivity index is 2.78. The molecule has 0 saturated carbocycles. The summed E-state index contributed by atoms with van der Waals surface area (Å²) in [6, 6.07) is 6.39. The first-order valence-corrected chi connectivity index (χ1v) is 6.99. The number of hydrogen-bond acceptors (Lipinski definition) is 4. The van der Waals surface area contributed by atoms with E-state index in [4.69, 9.17) is 10.5 Å². The fraction of sp³-hybridized carbons (Fsp3) is 0.467. The number of ether oxygens (including phenoxy) is 1. The fourth-order valence-electron chi connectivity index (χ4n) is 2.02. The summed E-state index contributed by atoms with van der Waals surface area (Å²) in [4.78, 5) is 25.3. The summed E-state index contributed by atoms with van der Waals surface area (Å²) in [5, 5.41) is 2.99. The van der Waals surface area contributed by atoms with Crippen molar-refractivity contribution < 1.29 is 14.3 Å². The van der Waals surface area contributed by atoms with Crippen LogP contribution in [-0.4, -0.2) is 43.0 Å². The molecule has 0 radical (unpaired) electrons. The smallest absolute Gasteiger partial charge is 0.240 e. The van der Waals surface area contributed by atoms with Crippen molar-refractivity contribution in [3.8, 4) is 5.75 Å². The molecular formula is C15H23N3O3. The zero-order valence-electron chi connectivity index (χ0n) is 12.8. The lowest BCUT2D eigenvalue weighted by atomic mass is 10.1. The number of hydrogen-bond donors (Lipinski definition) is 2. The van der Waals surface area contributed by atoms with Crippen molar-refractivity contribution in [2.24, 2.45) is 5.73 Å². The molecule has 0 saturated heterocycles. The first-order chi connectivity index (χ1) is 10.0. The fourth-order valence-corrected chi connectivity index (χ4v) is 2.02. The molecule has 116 valence electrons. The van der Waals surface area contributed by atoms with E-state index in [1.54, 1.807) is 36.3 Å². The highest BCUT2D eigenvalue weighted by Crippen LogP contribution is 2.18. The number of nitrogens with two attached hydrogens (primary N) is 1. The molecule has 21 heavy (non-hydrogen) atoms. The second-order valence-corrected chi connectivity index (χ2v) is 4.60. The summed E-state index contributed by atoms with van der Waals surface area (Å²) in [5.74, 6) is 0.0100. The Morgan fingerprint density at radius 2 is 2.00 bits per heavy atom. The average Bonchev–Trinajstić information content (AvgIpc) is 2.48. The summed E-state index contributed by atoms with van der Waals surface area (Å²) in [5.41, 5.74) is 6.07. The van der Waals surface area contributed by atoms with E-state index in [9.17, 15) is 9.59 Å². The van der Waals surface area contributed by atoms with Crippen LogP contribution in [0, 0.1) is 0 Å². The van der Waals surface area contributed by atoms with Gasteiger partial charge in [0.05, 0.1) is 13.5 Å². The maximum absolute atomic E-state index is 12.1. The number of amides is 2. The molecule has 2 amide bonds. The highest BCUT2D eigenvalue weighted by Gasteiger charge is 2.22. The van der Waals surface area contributed by atoms with Crippen LogP contribution in [0.4, 0.5) is 5.69 Å². The van der Waals surface area contributed by atoms with E-state index in [0.717, 1.165) is 0 Å². The van der Waals surface area contributed by atoms with Gasteiger partial charge in [0, 0.05) is 24.8 Å². The number of nitrogens with one attached hydrogen (secondary N) is 1. The van der Waals surface area contributed by atoms with Crippen molar-refractivity contribution in [2.75, 3.05) is 25.5 Å². The molecule has 0 aromatic heterocycles. The van der Waals surface area contributed by atoms with Crippen molar-refractivity contribution in [1.29, 1.82) is 0 Å². The number of carbonyl (C=O) groups is 2. The van der Waals surface area contributed by atoms with Gasteiger partial charge in [-0.15, -0.1) is 0 Å². The van der Waals surface area contributed by atoms with Crippen molar-refractivity contribution in [3.63, 3.8) is 0 Å². The number of carbonyl (C=O) groups excluding carboxylic acids is 2. The van der Waals surface area contributed by atoms with Crippen LogP contribution in [0.1, 0.15) is 20.3 Å². The van der Waals surface area contributed by atoms with Gasteiger partial charge in [-0.25, -0.2) is 0 Å². The molecule has 6 nitrogen and oxygen atoms in total. The quantitative estimate of drug-likeness (QED) is 0.754. The van der Waals surface area contributed by atoms with Crippen LogP contribution in [0.3, 0.4) is 0 Å². The summed E-state index contributed by atoms with van der Waals surface area (Å²) in [7, 11) is 1.56. The van der Waals surface area contributed by atoms with Gasteiger partial charge in [0.2, 0.25) is 11.8 Å². The highest BCUT2D eigenvalue weighted by atomic mass is 16.5. The Hall–Kier alpha value is -2.24.